The number of nitrogens with zero attached hydrogens (tertiary/aromatic N) is 6. The molecular formula is C15H22BKN6. The molecule has 0 spiro atoms. The molecule has 0 bridgehead atoms. The average Bonchev–Trinajstić information content (AvgIpc) is 3.02. The third kappa shape index (κ3) is 3.56. The Labute approximate surface area is 179 Å². The van der Waals surface area contributed by atoms with E-state index in [4.69, 9.17) is 15.3 Å². The zero-order valence-electron chi connectivity index (χ0n) is 15.1. The van der Waals surface area contributed by atoms with Crippen LogP contribution in [0.2, 0.25) is 0 Å². The third-order valence-electron chi connectivity index (χ3n) is 4.11. The van der Waals surface area contributed by atoms with Crippen LogP contribution >= 0.6 is 0 Å². The minimum absolute atomic E-state index is 0. The summed E-state index contributed by atoms with van der Waals surface area (Å²) in [6.45, 7) is 12.3. The van der Waals surface area contributed by atoms with Crippen LogP contribution in [0.25, 0.3) is 0 Å². The summed E-state index contributed by atoms with van der Waals surface area (Å²) in [5.41, 5.74) is 6.40. The van der Waals surface area contributed by atoms with Gasteiger partial charge in [0.1, 0.15) is 0 Å². The van der Waals surface area contributed by atoms with Gasteiger partial charge in [0, 0.05) is 0 Å². The van der Waals surface area contributed by atoms with Crippen molar-refractivity contribution in [3.63, 3.8) is 0 Å². The van der Waals surface area contributed by atoms with Crippen molar-refractivity contribution in [3.8, 4) is 0 Å². The van der Waals surface area contributed by atoms with Gasteiger partial charge >= 0.3 is 58.5 Å². The summed E-state index contributed by atoms with van der Waals surface area (Å²) in [7, 11) is -1.26. The molecular weight excluding hydrogens is 314 g/mol. The average molecular weight is 336 g/mol. The first kappa shape index (κ1) is 18.7. The second-order valence-corrected chi connectivity index (χ2v) is 6.20. The molecule has 0 saturated carbocycles. The second-order valence-electron chi connectivity index (χ2n) is 6.20. The van der Waals surface area contributed by atoms with Gasteiger partial charge in [-0.2, -0.15) is 0 Å². The molecule has 8 heteroatoms. The summed E-state index contributed by atoms with van der Waals surface area (Å²) >= 11 is 0. The molecule has 3 aromatic heterocycles. The molecule has 0 aliphatic rings. The molecule has 0 atom stereocenters. The maximum Gasteiger partial charge on any atom is 1.00 e. The normalized spacial score (nSPS) is 11.1. The van der Waals surface area contributed by atoms with E-state index >= 15 is 0 Å². The summed E-state index contributed by atoms with van der Waals surface area (Å²) < 4.78 is 6.19. The summed E-state index contributed by atoms with van der Waals surface area (Å²) in [6.07, 6.45) is 0. The van der Waals surface area contributed by atoms with E-state index in [9.17, 15) is 0 Å². The molecule has 0 radical (unpaired) electrons. The van der Waals surface area contributed by atoms with Crippen molar-refractivity contribution in [2.24, 2.45) is 0 Å². The van der Waals surface area contributed by atoms with E-state index in [1.54, 1.807) is 0 Å². The molecule has 0 amide bonds. The van der Waals surface area contributed by atoms with Crippen molar-refractivity contribution in [2.75, 3.05) is 0 Å². The quantitative estimate of drug-likeness (QED) is 0.564. The van der Waals surface area contributed by atoms with E-state index in [0.717, 1.165) is 34.2 Å². The molecule has 116 valence electrons. The standard InChI is InChI=1S/C15H22BN6.K/c1-10-7-13(4)20(17-10)16(21-14(5)8-11(2)18-21)22-15(6)9-12(3)19-22;/h7-9,16H,1-6H3;/q-1;+1. The number of rotatable bonds is 3. The second kappa shape index (κ2) is 7.06. The van der Waals surface area contributed by atoms with Crippen LogP contribution in [0.15, 0.2) is 18.2 Å². The van der Waals surface area contributed by atoms with Crippen molar-refractivity contribution >= 4 is 7.12 Å². The topological polar surface area (TPSA) is 53.5 Å². The smallest absolute Gasteiger partial charge is 0.400 e. The van der Waals surface area contributed by atoms with Crippen molar-refractivity contribution in [3.05, 3.63) is 52.4 Å². The number of aryl methyl sites for hydroxylation is 6. The summed E-state index contributed by atoms with van der Waals surface area (Å²) in [6, 6.07) is 6.28. The Bertz CT molecular complexity index is 721. The largest absolute Gasteiger partial charge is 1.00 e. The Kier molecular flexibility index (Phi) is 5.73. The van der Waals surface area contributed by atoms with Gasteiger partial charge in [0.2, 0.25) is 0 Å². The third-order valence-corrected chi connectivity index (χ3v) is 4.11. The van der Waals surface area contributed by atoms with Gasteiger partial charge in [0.05, 0.1) is 17.1 Å². The first-order chi connectivity index (χ1) is 10.4. The van der Waals surface area contributed by atoms with Crippen LogP contribution in [-0.4, -0.2) is 36.2 Å². The van der Waals surface area contributed by atoms with Crippen LogP contribution < -0.4 is 51.4 Å². The zero-order valence-corrected chi connectivity index (χ0v) is 18.2. The monoisotopic (exact) mass is 336 g/mol. The Balaban J connectivity index is 0.00000192. The number of hydrogen-bond donors (Lipinski definition) is 0. The van der Waals surface area contributed by atoms with E-state index in [1.165, 1.54) is 0 Å². The molecule has 0 unspecified atom stereocenters. The molecule has 0 aliphatic heterocycles. The summed E-state index contributed by atoms with van der Waals surface area (Å²) in [5, 5.41) is 14.1. The van der Waals surface area contributed by atoms with Crippen LogP contribution in [0, 0.1) is 41.5 Å². The van der Waals surface area contributed by atoms with Crippen LogP contribution in [0.5, 0.6) is 0 Å². The van der Waals surface area contributed by atoms with Crippen LogP contribution in [0.3, 0.4) is 0 Å². The van der Waals surface area contributed by atoms with Gasteiger partial charge in [-0.1, -0.05) is 0 Å². The molecule has 3 heterocycles. The Morgan fingerprint density at radius 2 is 0.870 bits per heavy atom. The number of hydrogen-bond acceptors (Lipinski definition) is 3. The maximum atomic E-state index is 4.70. The molecule has 3 rings (SSSR count). The van der Waals surface area contributed by atoms with E-state index in [1.807, 2.05) is 20.8 Å². The fourth-order valence-electron chi connectivity index (χ4n) is 3.26. The minimum Gasteiger partial charge on any atom is -0.400 e. The van der Waals surface area contributed by atoms with Gasteiger partial charge in [-0.3, -0.25) is 0 Å². The van der Waals surface area contributed by atoms with Gasteiger partial charge in [-0.15, -0.1) is 0 Å². The predicted octanol–water partition coefficient (Wildman–Crippen LogP) is -1.21. The first-order valence-electron chi connectivity index (χ1n) is 7.62. The van der Waals surface area contributed by atoms with Crippen LogP contribution in [0.4, 0.5) is 0 Å². The van der Waals surface area contributed by atoms with Crippen molar-refractivity contribution in [2.45, 2.75) is 41.5 Å². The van der Waals surface area contributed by atoms with Crippen molar-refractivity contribution < 1.29 is 51.4 Å². The molecule has 0 saturated heterocycles. The fraction of sp³-hybridized carbons (Fsp3) is 0.400. The molecule has 6 nitrogen and oxygen atoms in total. The summed E-state index contributed by atoms with van der Waals surface area (Å²) in [5.74, 6) is 0. The number of aromatic nitrogens is 6. The predicted molar refractivity (Wildman–Crippen MR) is 88.4 cm³/mol. The van der Waals surface area contributed by atoms with Gasteiger partial charge in [-0.25, -0.2) is 15.3 Å². The molecule has 23 heavy (non-hydrogen) atoms. The minimum atomic E-state index is -1.26. The van der Waals surface area contributed by atoms with Crippen LogP contribution in [-0.2, 0) is 0 Å². The molecule has 0 aromatic carbocycles. The van der Waals surface area contributed by atoms with Crippen LogP contribution in [0.1, 0.15) is 34.2 Å². The van der Waals surface area contributed by atoms with Gasteiger partial charge in [0.25, 0.3) is 0 Å². The SMILES string of the molecule is Cc1cc(C)n([BH-](n2nc(C)cc2C)n2nc(C)cc2C)n1.[K+]. The van der Waals surface area contributed by atoms with E-state index in [0.29, 0.717) is 0 Å². The van der Waals surface area contributed by atoms with Crippen molar-refractivity contribution in [1.82, 2.24) is 29.1 Å². The van der Waals surface area contributed by atoms with E-state index < -0.39 is 7.12 Å². The van der Waals surface area contributed by atoms with Gasteiger partial charge < -0.3 is 13.8 Å². The molecule has 3 aromatic rings. The molecule has 0 fully saturated rings. The maximum absolute atomic E-state index is 4.70. The first-order valence-corrected chi connectivity index (χ1v) is 7.62. The van der Waals surface area contributed by atoms with E-state index in [-0.39, 0.29) is 51.4 Å². The summed E-state index contributed by atoms with van der Waals surface area (Å²) in [4.78, 5) is 0. The van der Waals surface area contributed by atoms with Crippen molar-refractivity contribution in [1.29, 1.82) is 0 Å². The zero-order chi connectivity index (χ0) is 16.0. The van der Waals surface area contributed by atoms with Gasteiger partial charge in [0.15, 0.2) is 0 Å². The Morgan fingerprint density at radius 3 is 1.04 bits per heavy atom. The molecule has 0 N–H and O–H groups in total. The Morgan fingerprint density at radius 1 is 0.609 bits per heavy atom. The van der Waals surface area contributed by atoms with Gasteiger partial charge in [-0.05, 0) is 76.8 Å². The Hall–Kier alpha value is -0.669. The van der Waals surface area contributed by atoms with E-state index in [2.05, 4.69) is 52.7 Å². The molecule has 0 aliphatic carbocycles. The fourth-order valence-corrected chi connectivity index (χ4v) is 3.26.